The molecular formula is C56H46F4N14O6. The fraction of sp³-hybridized carbons (Fsp3) is 0.214. The summed E-state index contributed by atoms with van der Waals surface area (Å²) >= 11 is 0. The van der Waals surface area contributed by atoms with Crippen LogP contribution in [0.25, 0.3) is 56.0 Å². The van der Waals surface area contributed by atoms with Crippen molar-refractivity contribution in [2.45, 2.75) is 57.5 Å². The summed E-state index contributed by atoms with van der Waals surface area (Å²) in [5.41, 5.74) is 5.64. The lowest BCUT2D eigenvalue weighted by molar-refractivity contribution is -0.154. The van der Waals surface area contributed by atoms with Crippen molar-refractivity contribution < 1.29 is 46.6 Å². The average Bonchev–Trinajstić information content (AvgIpc) is 4.32. The average molecular weight is 1090 g/mol. The first-order valence-corrected chi connectivity index (χ1v) is 25.1. The quantitative estimate of drug-likeness (QED) is 0.0505. The number of ether oxygens (including phenoxy) is 1. The maximum atomic E-state index is 14.5. The fourth-order valence-electron chi connectivity index (χ4n) is 9.80. The SMILES string of the molecule is CC1(C(=O)O)CC(c2nc3ncnc(C(=O)NCc4cc(F)cc(-c5cnn(-c6ccc(F)cc6)c5)c4)c3[nH]2)C1.COC(=O)C1CC(c2nc3ncnc(C(=O)NCc4cc(F)cc(-c5cnn(-c6ccc(F)cc6)c5)c4)c3[nH]2)C1. The number of nitrogens with one attached hydrogen (secondary N) is 4. The van der Waals surface area contributed by atoms with Crippen molar-refractivity contribution in [3.8, 4) is 33.6 Å². The number of fused-ring (bicyclic) bond motifs is 2. The number of H-pyrrole nitrogens is 2. The highest BCUT2D eigenvalue weighted by Gasteiger charge is 2.48. The lowest BCUT2D eigenvalue weighted by Gasteiger charge is -2.40. The number of benzene rings is 4. The second kappa shape index (κ2) is 21.4. The van der Waals surface area contributed by atoms with Gasteiger partial charge in [-0.2, -0.15) is 10.2 Å². The van der Waals surface area contributed by atoms with Gasteiger partial charge >= 0.3 is 11.9 Å². The third-order valence-corrected chi connectivity index (χ3v) is 14.2. The number of esters is 1. The highest BCUT2D eigenvalue weighted by atomic mass is 19.1. The molecule has 12 rings (SSSR count). The van der Waals surface area contributed by atoms with Gasteiger partial charge in [0.15, 0.2) is 22.7 Å². The van der Waals surface area contributed by atoms with E-state index in [1.165, 1.54) is 68.3 Å². The molecule has 2 fully saturated rings. The topological polar surface area (TPSA) is 266 Å². The zero-order valence-electron chi connectivity index (χ0n) is 42.5. The number of aliphatic carboxylic acids is 1. The highest BCUT2D eigenvalue weighted by Crippen LogP contribution is 2.50. The number of amides is 2. The van der Waals surface area contributed by atoms with Gasteiger partial charge in [0.05, 0.1) is 42.2 Å². The number of hydrogen-bond acceptors (Lipinski definition) is 13. The van der Waals surface area contributed by atoms with Crippen LogP contribution < -0.4 is 10.6 Å². The van der Waals surface area contributed by atoms with Gasteiger partial charge in [-0.05, 0) is 140 Å². The molecule has 404 valence electrons. The molecule has 20 nitrogen and oxygen atoms in total. The molecule has 2 aliphatic rings. The van der Waals surface area contributed by atoms with Crippen LogP contribution in [0.2, 0.25) is 0 Å². The molecule has 4 aromatic carbocycles. The second-order valence-corrected chi connectivity index (χ2v) is 19.8. The van der Waals surface area contributed by atoms with Crippen molar-refractivity contribution in [1.82, 2.24) is 70.1 Å². The summed E-state index contributed by atoms with van der Waals surface area (Å²) in [5.74, 6) is -2.71. The first kappa shape index (κ1) is 52.1. The van der Waals surface area contributed by atoms with E-state index in [-0.39, 0.29) is 59.8 Å². The summed E-state index contributed by atoms with van der Waals surface area (Å²) in [6.45, 7) is 1.77. The minimum absolute atomic E-state index is 0.0295. The first-order valence-electron chi connectivity index (χ1n) is 25.1. The molecule has 0 saturated heterocycles. The Morgan fingerprint density at radius 2 is 1.07 bits per heavy atom. The molecule has 5 N–H and O–H groups in total. The Kier molecular flexibility index (Phi) is 14.0. The number of carboxylic acid groups (broad SMARTS) is 1. The molecule has 24 heteroatoms. The minimum atomic E-state index is -0.845. The van der Waals surface area contributed by atoms with Crippen molar-refractivity contribution in [3.05, 3.63) is 180 Å². The molecule has 0 atom stereocenters. The normalized spacial score (nSPS) is 17.4. The smallest absolute Gasteiger partial charge is 0.309 e. The molecular weight excluding hydrogens is 1040 g/mol. The highest BCUT2D eigenvalue weighted by molar-refractivity contribution is 6.03. The van der Waals surface area contributed by atoms with Crippen LogP contribution in [0.5, 0.6) is 0 Å². The molecule has 0 bridgehead atoms. The van der Waals surface area contributed by atoms with E-state index >= 15 is 0 Å². The zero-order valence-corrected chi connectivity index (χ0v) is 42.5. The molecule has 80 heavy (non-hydrogen) atoms. The number of aromatic amines is 2. The molecule has 0 spiro atoms. The molecule has 0 radical (unpaired) electrons. The van der Waals surface area contributed by atoms with Crippen LogP contribution in [-0.4, -0.2) is 95.4 Å². The maximum absolute atomic E-state index is 14.5. The number of nitrogens with zero attached hydrogens (tertiary/aromatic N) is 10. The third kappa shape index (κ3) is 10.8. The number of carboxylic acids is 1. The summed E-state index contributed by atoms with van der Waals surface area (Å²) in [7, 11) is 1.37. The Morgan fingerprint density at radius 3 is 1.51 bits per heavy atom. The number of carbonyl (C=O) groups excluding carboxylic acids is 3. The Labute approximate surface area is 450 Å². The number of methoxy groups -OCH3 is 1. The van der Waals surface area contributed by atoms with Crippen LogP contribution in [-0.2, 0) is 27.4 Å². The van der Waals surface area contributed by atoms with Crippen molar-refractivity contribution in [3.63, 3.8) is 0 Å². The number of carbonyl (C=O) groups is 4. The van der Waals surface area contributed by atoms with Gasteiger partial charge in [0.25, 0.3) is 11.8 Å². The standard InChI is InChI=1S/2C28H23F2N7O3/c1-40-28(39)18-8-17(9-18)25-35-23-24(32-14-33-26(23)36-25)27(38)31-11-15-6-16(10-21(30)7-15)19-12-34-37(13-19)22-4-2-20(29)3-5-22;1-28(27(39)40)9-17(10-28)24-35-22-23(32-14-33-25(22)36-24)26(38)31-11-15-6-16(8-20(30)7-15)18-12-34-37(13-18)21-4-2-19(29)3-5-21/h2-7,10,12-14,17-18H,8-9,11H2,1H3,(H,31,38)(H,32,33,35,36);2-8,12-14,17H,9-11H2,1H3,(H,31,38)(H,39,40)(H,32,33,35,36). The van der Waals surface area contributed by atoms with E-state index in [1.54, 1.807) is 77.5 Å². The largest absolute Gasteiger partial charge is 0.481 e. The zero-order chi connectivity index (χ0) is 55.8. The predicted octanol–water partition coefficient (Wildman–Crippen LogP) is 8.46. The lowest BCUT2D eigenvalue weighted by Crippen LogP contribution is -2.40. The van der Waals surface area contributed by atoms with E-state index in [2.05, 4.69) is 60.7 Å². The minimum Gasteiger partial charge on any atom is -0.481 e. The lowest BCUT2D eigenvalue weighted by atomic mass is 9.63. The Hall–Kier alpha value is -10.0. The fourth-order valence-corrected chi connectivity index (χ4v) is 9.80. The molecule has 2 saturated carbocycles. The maximum Gasteiger partial charge on any atom is 0.309 e. The van der Waals surface area contributed by atoms with Crippen LogP contribution >= 0.6 is 0 Å². The summed E-state index contributed by atoms with van der Waals surface area (Å²) in [4.78, 5) is 81.0. The van der Waals surface area contributed by atoms with Crippen LogP contribution in [0.3, 0.4) is 0 Å². The number of hydrogen-bond donors (Lipinski definition) is 5. The monoisotopic (exact) mass is 1090 g/mol. The molecule has 6 heterocycles. The molecule has 2 amide bonds. The van der Waals surface area contributed by atoms with Gasteiger partial charge in [0.2, 0.25) is 0 Å². The van der Waals surface area contributed by atoms with Gasteiger partial charge in [0, 0.05) is 48.4 Å². The van der Waals surface area contributed by atoms with Crippen molar-refractivity contribution in [1.29, 1.82) is 0 Å². The summed E-state index contributed by atoms with van der Waals surface area (Å²) in [6.07, 6.45) is 11.2. The Morgan fingerprint density at radius 1 is 0.625 bits per heavy atom. The van der Waals surface area contributed by atoms with E-state index in [0.717, 1.165) is 0 Å². The first-order chi connectivity index (χ1) is 38.6. The Balaban J connectivity index is 0.000000169. The third-order valence-electron chi connectivity index (χ3n) is 14.2. The van der Waals surface area contributed by atoms with Gasteiger partial charge in [0.1, 0.15) is 58.6 Å². The van der Waals surface area contributed by atoms with Crippen LogP contribution in [0.1, 0.15) is 88.2 Å². The number of aromatic nitrogens is 12. The summed E-state index contributed by atoms with van der Waals surface area (Å²) < 4.78 is 63.4. The molecule has 2 aliphatic carbocycles. The second-order valence-electron chi connectivity index (χ2n) is 19.8. The van der Waals surface area contributed by atoms with Gasteiger partial charge < -0.3 is 30.4 Å². The van der Waals surface area contributed by atoms with Gasteiger partial charge in [-0.3, -0.25) is 19.2 Å². The van der Waals surface area contributed by atoms with Crippen LogP contribution in [0, 0.1) is 34.6 Å². The van der Waals surface area contributed by atoms with E-state index in [0.29, 0.717) is 104 Å². The molecule has 10 aromatic rings. The summed E-state index contributed by atoms with van der Waals surface area (Å²) in [6, 6.07) is 20.6. The van der Waals surface area contributed by atoms with E-state index in [9.17, 15) is 41.8 Å². The van der Waals surface area contributed by atoms with Crippen molar-refractivity contribution in [2.24, 2.45) is 11.3 Å². The van der Waals surface area contributed by atoms with E-state index < -0.39 is 34.8 Å². The molecule has 0 aliphatic heterocycles. The summed E-state index contributed by atoms with van der Waals surface area (Å²) in [5, 5.41) is 23.5. The van der Waals surface area contributed by atoms with Crippen LogP contribution in [0.4, 0.5) is 17.6 Å². The van der Waals surface area contributed by atoms with E-state index in [4.69, 9.17) is 4.74 Å². The van der Waals surface area contributed by atoms with E-state index in [1.807, 2.05) is 0 Å². The van der Waals surface area contributed by atoms with Crippen molar-refractivity contribution >= 4 is 46.1 Å². The number of halogens is 4. The molecule has 6 aromatic heterocycles. The number of imidazole rings is 2. The molecule has 0 unspecified atom stereocenters. The van der Waals surface area contributed by atoms with Gasteiger partial charge in [-0.25, -0.2) is 56.8 Å². The van der Waals surface area contributed by atoms with Crippen molar-refractivity contribution in [2.75, 3.05) is 7.11 Å². The van der Waals surface area contributed by atoms with Gasteiger partial charge in [-0.15, -0.1) is 0 Å². The Bertz CT molecular complexity index is 4000. The van der Waals surface area contributed by atoms with Gasteiger partial charge in [-0.1, -0.05) is 0 Å². The van der Waals surface area contributed by atoms with Crippen LogP contribution in [0.15, 0.2) is 122 Å². The predicted molar refractivity (Wildman–Crippen MR) is 279 cm³/mol. The number of rotatable bonds is 14.